The molecule has 9 nitrogen and oxygen atoms in total. The maximum absolute atomic E-state index is 13.1. The third kappa shape index (κ3) is 12.4. The summed E-state index contributed by atoms with van der Waals surface area (Å²) in [5, 5.41) is 5.54. The van der Waals surface area contributed by atoms with Crippen LogP contribution in [0.15, 0.2) is 24.5 Å². The van der Waals surface area contributed by atoms with Crippen molar-refractivity contribution in [2.24, 2.45) is 0 Å². The fourth-order valence-electron chi connectivity index (χ4n) is 5.35. The van der Waals surface area contributed by atoms with Crippen LogP contribution in [0.1, 0.15) is 89.0 Å². The van der Waals surface area contributed by atoms with E-state index in [1.54, 1.807) is 12.4 Å². The smallest absolute Gasteiger partial charge is 0.315 e. The number of ether oxygens (including phenoxy) is 1. The topological polar surface area (TPSA) is 113 Å². The van der Waals surface area contributed by atoms with Crippen molar-refractivity contribution in [3.63, 3.8) is 0 Å². The lowest BCUT2D eigenvalue weighted by Gasteiger charge is -2.28. The summed E-state index contributed by atoms with van der Waals surface area (Å²) in [7, 11) is -3.26. The first kappa shape index (κ1) is 30.8. The van der Waals surface area contributed by atoms with Gasteiger partial charge in [-0.1, -0.05) is 51.0 Å². The molecule has 2 heterocycles. The standard InChI is InChI=1S/C28H49N5O4S/c34-28(31-24-25-11-9-16-29-23-25)30-17-8-3-1-2-5-12-26(13-10-18-33-19-21-37-22-20-33)32-38(35,36)27-14-6-4-7-15-27/h9,11,16,23,26-27,32H,1-8,10,12-15,17-22,24H2,(H2,30,31,34). The lowest BCUT2D eigenvalue weighted by molar-refractivity contribution is 0.0369. The monoisotopic (exact) mass is 551 g/mol. The van der Waals surface area contributed by atoms with Gasteiger partial charge in [-0.25, -0.2) is 17.9 Å². The molecule has 2 amide bonds. The number of nitrogens with zero attached hydrogens (tertiary/aromatic N) is 2. The van der Waals surface area contributed by atoms with Crippen molar-refractivity contribution >= 4 is 16.1 Å². The van der Waals surface area contributed by atoms with E-state index in [-0.39, 0.29) is 17.3 Å². The Bertz CT molecular complexity index is 874. The second-order valence-electron chi connectivity index (χ2n) is 10.7. The van der Waals surface area contributed by atoms with Crippen LogP contribution in [0.3, 0.4) is 0 Å². The number of amides is 2. The van der Waals surface area contributed by atoms with Gasteiger partial charge in [0.05, 0.1) is 18.5 Å². The Labute approximate surface area is 229 Å². The zero-order chi connectivity index (χ0) is 26.9. The molecule has 0 radical (unpaired) electrons. The molecule has 1 saturated heterocycles. The van der Waals surface area contributed by atoms with Gasteiger partial charge in [-0.05, 0) is 56.7 Å². The number of hydrogen-bond acceptors (Lipinski definition) is 6. The summed E-state index contributed by atoms with van der Waals surface area (Å²) in [4.78, 5) is 18.4. The van der Waals surface area contributed by atoms with Crippen molar-refractivity contribution in [2.75, 3.05) is 39.4 Å². The molecular formula is C28H49N5O4S. The number of unbranched alkanes of at least 4 members (excludes halogenated alkanes) is 4. The number of hydrogen-bond donors (Lipinski definition) is 3. The highest BCUT2D eigenvalue weighted by Gasteiger charge is 2.29. The Kier molecular flexibility index (Phi) is 14.4. The van der Waals surface area contributed by atoms with E-state index in [9.17, 15) is 13.2 Å². The lowest BCUT2D eigenvalue weighted by atomic mass is 10.0. The maximum Gasteiger partial charge on any atom is 0.315 e. The maximum atomic E-state index is 13.1. The van der Waals surface area contributed by atoms with Crippen molar-refractivity contribution in [3.8, 4) is 0 Å². The van der Waals surface area contributed by atoms with Gasteiger partial charge in [-0.15, -0.1) is 0 Å². The second-order valence-corrected chi connectivity index (χ2v) is 12.7. The number of morpholine rings is 1. The molecule has 1 aromatic heterocycles. The third-order valence-electron chi connectivity index (χ3n) is 7.64. The van der Waals surface area contributed by atoms with Crippen molar-refractivity contribution in [2.45, 2.75) is 101 Å². The van der Waals surface area contributed by atoms with E-state index < -0.39 is 10.0 Å². The predicted octanol–water partition coefficient (Wildman–Crippen LogP) is 3.95. The minimum Gasteiger partial charge on any atom is -0.379 e. The Morgan fingerprint density at radius 3 is 2.50 bits per heavy atom. The van der Waals surface area contributed by atoms with E-state index >= 15 is 0 Å². The van der Waals surface area contributed by atoms with E-state index in [2.05, 4.69) is 25.2 Å². The average Bonchev–Trinajstić information content (AvgIpc) is 2.94. The molecule has 3 N–H and O–H groups in total. The van der Waals surface area contributed by atoms with Crippen molar-refractivity contribution in [3.05, 3.63) is 30.1 Å². The fraction of sp³-hybridized carbons (Fsp3) is 0.786. The van der Waals surface area contributed by atoms with E-state index in [0.29, 0.717) is 13.1 Å². The van der Waals surface area contributed by atoms with Crippen LogP contribution in [0.2, 0.25) is 0 Å². The Balaban J connectivity index is 1.29. The highest BCUT2D eigenvalue weighted by molar-refractivity contribution is 7.90. The van der Waals surface area contributed by atoms with Crippen LogP contribution in [-0.2, 0) is 21.3 Å². The van der Waals surface area contributed by atoms with Crippen LogP contribution in [0.25, 0.3) is 0 Å². The van der Waals surface area contributed by atoms with Crippen LogP contribution >= 0.6 is 0 Å². The average molecular weight is 552 g/mol. The quantitative estimate of drug-likeness (QED) is 0.253. The molecule has 1 unspecified atom stereocenters. The Hall–Kier alpha value is -1.75. The minimum atomic E-state index is -3.26. The molecular weight excluding hydrogens is 502 g/mol. The van der Waals surface area contributed by atoms with Gasteiger partial charge < -0.3 is 15.4 Å². The molecule has 1 aliphatic heterocycles. The predicted molar refractivity (Wildman–Crippen MR) is 151 cm³/mol. The molecule has 1 aromatic rings. The Morgan fingerprint density at radius 1 is 1.00 bits per heavy atom. The molecule has 10 heteroatoms. The largest absolute Gasteiger partial charge is 0.379 e. The van der Waals surface area contributed by atoms with Gasteiger partial charge in [-0.2, -0.15) is 0 Å². The molecule has 1 saturated carbocycles. The first-order chi connectivity index (χ1) is 18.5. The molecule has 1 atom stereocenters. The highest BCUT2D eigenvalue weighted by atomic mass is 32.2. The summed E-state index contributed by atoms with van der Waals surface area (Å²) in [6.07, 6.45) is 16.2. The number of urea groups is 1. The van der Waals surface area contributed by atoms with Crippen LogP contribution < -0.4 is 15.4 Å². The highest BCUT2D eigenvalue weighted by Crippen LogP contribution is 2.24. The van der Waals surface area contributed by atoms with E-state index in [1.807, 2.05) is 12.1 Å². The van der Waals surface area contributed by atoms with Crippen LogP contribution in [-0.4, -0.2) is 75.0 Å². The summed E-state index contributed by atoms with van der Waals surface area (Å²) >= 11 is 0. The van der Waals surface area contributed by atoms with Crippen molar-refractivity contribution in [1.29, 1.82) is 0 Å². The van der Waals surface area contributed by atoms with Crippen molar-refractivity contribution < 1.29 is 17.9 Å². The van der Waals surface area contributed by atoms with Gasteiger partial charge in [-0.3, -0.25) is 9.88 Å². The fourth-order valence-corrected chi connectivity index (χ4v) is 7.19. The molecule has 38 heavy (non-hydrogen) atoms. The number of sulfonamides is 1. The zero-order valence-electron chi connectivity index (χ0n) is 23.0. The van der Waals surface area contributed by atoms with Gasteiger partial charge in [0.1, 0.15) is 0 Å². The second kappa shape index (κ2) is 17.8. The lowest BCUT2D eigenvalue weighted by Crippen LogP contribution is -2.42. The number of carbonyl (C=O) groups excluding carboxylic acids is 1. The molecule has 0 bridgehead atoms. The molecule has 2 aliphatic rings. The summed E-state index contributed by atoms with van der Waals surface area (Å²) < 4.78 is 34.7. The molecule has 0 spiro atoms. The minimum absolute atomic E-state index is 0.0214. The van der Waals surface area contributed by atoms with Gasteiger partial charge in [0.2, 0.25) is 10.0 Å². The number of nitrogens with one attached hydrogen (secondary N) is 3. The summed E-state index contributed by atoms with van der Waals surface area (Å²) in [5.41, 5.74) is 0.975. The van der Waals surface area contributed by atoms with E-state index in [0.717, 1.165) is 122 Å². The van der Waals surface area contributed by atoms with Gasteiger partial charge in [0.15, 0.2) is 0 Å². The van der Waals surface area contributed by atoms with Gasteiger partial charge in [0.25, 0.3) is 0 Å². The molecule has 2 fully saturated rings. The van der Waals surface area contributed by atoms with Crippen LogP contribution in [0, 0.1) is 0 Å². The number of rotatable bonds is 17. The molecule has 1 aliphatic carbocycles. The van der Waals surface area contributed by atoms with Crippen molar-refractivity contribution in [1.82, 2.24) is 25.2 Å². The van der Waals surface area contributed by atoms with Gasteiger partial charge in [0, 0.05) is 44.6 Å². The van der Waals surface area contributed by atoms with Gasteiger partial charge >= 0.3 is 6.03 Å². The van der Waals surface area contributed by atoms with Crippen LogP contribution in [0.4, 0.5) is 4.79 Å². The molecule has 0 aromatic carbocycles. The molecule has 3 rings (SSSR count). The van der Waals surface area contributed by atoms with E-state index in [4.69, 9.17) is 4.74 Å². The number of aromatic nitrogens is 1. The van der Waals surface area contributed by atoms with E-state index in [1.165, 1.54) is 0 Å². The third-order valence-corrected chi connectivity index (χ3v) is 9.65. The summed E-state index contributed by atoms with van der Waals surface area (Å²) in [5.74, 6) is 0. The normalized spacial score (nSPS) is 18.2. The van der Waals surface area contributed by atoms with Crippen LogP contribution in [0.5, 0.6) is 0 Å². The number of carbonyl (C=O) groups is 1. The molecule has 216 valence electrons. The SMILES string of the molecule is O=C(NCCCCCCCC(CCCN1CCOCC1)NS(=O)(=O)C1CCCCC1)NCc1cccnc1. The summed E-state index contributed by atoms with van der Waals surface area (Å²) in [6, 6.07) is 3.66. The first-order valence-electron chi connectivity index (χ1n) is 14.7. The Morgan fingerprint density at radius 2 is 1.74 bits per heavy atom. The number of pyridine rings is 1. The first-order valence-corrected chi connectivity index (χ1v) is 16.3. The summed E-state index contributed by atoms with van der Waals surface area (Å²) in [6.45, 7) is 5.67. The zero-order valence-corrected chi connectivity index (χ0v) is 23.9.